The highest BCUT2D eigenvalue weighted by atomic mass is 19.1. The van der Waals surface area contributed by atoms with Crippen LogP contribution in [0.3, 0.4) is 0 Å². The van der Waals surface area contributed by atoms with Crippen molar-refractivity contribution in [2.75, 3.05) is 29.9 Å². The molecule has 0 aliphatic carbocycles. The molecule has 0 N–H and O–H groups in total. The smallest absolute Gasteiger partial charge is 0.327 e. The number of urea groups is 1. The van der Waals surface area contributed by atoms with Crippen molar-refractivity contribution in [1.82, 2.24) is 14.9 Å². The standard InChI is InChI=1S/C19H20FN5O2/c1-23-15-11-21-16(10-13-4-6-14(20)7-5-13)22-18(15)25(17(23)12-26)19(27)24-8-2-3-9-24/h4-7,11-12,17H,2-3,8-10H2,1H3. The zero-order valence-corrected chi connectivity index (χ0v) is 15.0. The van der Waals surface area contributed by atoms with E-state index in [2.05, 4.69) is 9.97 Å². The SMILES string of the molecule is CN1c2cnc(Cc3ccc(F)cc3)nc2N(C(=O)N2CCCC2)C1C=O. The van der Waals surface area contributed by atoms with Gasteiger partial charge in [-0.05, 0) is 30.5 Å². The third kappa shape index (κ3) is 3.11. The summed E-state index contributed by atoms with van der Waals surface area (Å²) in [6, 6.07) is 5.94. The van der Waals surface area contributed by atoms with Crippen LogP contribution in [0.5, 0.6) is 0 Å². The van der Waals surface area contributed by atoms with Gasteiger partial charge in [0.2, 0.25) is 0 Å². The van der Waals surface area contributed by atoms with Crippen LogP contribution in [0.2, 0.25) is 0 Å². The number of amides is 2. The molecular formula is C19H20FN5O2. The van der Waals surface area contributed by atoms with E-state index < -0.39 is 6.17 Å². The molecule has 27 heavy (non-hydrogen) atoms. The van der Waals surface area contributed by atoms with Gasteiger partial charge in [-0.15, -0.1) is 0 Å². The minimum absolute atomic E-state index is 0.207. The highest BCUT2D eigenvalue weighted by Gasteiger charge is 2.41. The molecule has 0 radical (unpaired) electrons. The Hall–Kier alpha value is -3.03. The number of nitrogens with zero attached hydrogens (tertiary/aromatic N) is 5. The first-order valence-electron chi connectivity index (χ1n) is 8.95. The van der Waals surface area contributed by atoms with E-state index in [0.717, 1.165) is 24.7 Å². The van der Waals surface area contributed by atoms with Crippen molar-refractivity contribution in [2.45, 2.75) is 25.4 Å². The Kier molecular flexibility index (Phi) is 4.47. The van der Waals surface area contributed by atoms with E-state index in [-0.39, 0.29) is 11.8 Å². The summed E-state index contributed by atoms with van der Waals surface area (Å²) in [5.74, 6) is 0.657. The predicted molar refractivity (Wildman–Crippen MR) is 98.2 cm³/mol. The van der Waals surface area contributed by atoms with Gasteiger partial charge in [-0.1, -0.05) is 12.1 Å². The summed E-state index contributed by atoms with van der Waals surface area (Å²) in [4.78, 5) is 38.5. The second kappa shape index (κ2) is 6.94. The summed E-state index contributed by atoms with van der Waals surface area (Å²) in [5.41, 5.74) is 1.51. The number of likely N-dealkylation sites (N-methyl/N-ethyl adjacent to an activating group) is 1. The van der Waals surface area contributed by atoms with E-state index in [1.54, 1.807) is 35.2 Å². The van der Waals surface area contributed by atoms with Crippen LogP contribution >= 0.6 is 0 Å². The largest absolute Gasteiger partial charge is 0.344 e. The van der Waals surface area contributed by atoms with E-state index in [0.29, 0.717) is 36.8 Å². The topological polar surface area (TPSA) is 69.6 Å². The van der Waals surface area contributed by atoms with Crippen molar-refractivity contribution in [3.05, 3.63) is 47.7 Å². The van der Waals surface area contributed by atoms with E-state index in [1.165, 1.54) is 17.0 Å². The summed E-state index contributed by atoms with van der Waals surface area (Å²) >= 11 is 0. The molecule has 3 heterocycles. The lowest BCUT2D eigenvalue weighted by Gasteiger charge is -2.28. The van der Waals surface area contributed by atoms with Crippen LogP contribution < -0.4 is 9.80 Å². The Bertz CT molecular complexity index is 867. The predicted octanol–water partition coefficient (Wildman–Crippen LogP) is 2.20. The third-order valence-corrected chi connectivity index (χ3v) is 5.05. The number of benzene rings is 1. The molecule has 140 valence electrons. The number of aromatic nitrogens is 2. The number of fused-ring (bicyclic) bond motifs is 1. The van der Waals surface area contributed by atoms with Gasteiger partial charge in [-0.3, -0.25) is 4.79 Å². The number of halogens is 1. The molecule has 8 heteroatoms. The van der Waals surface area contributed by atoms with Crippen LogP contribution in [-0.2, 0) is 11.2 Å². The van der Waals surface area contributed by atoms with Gasteiger partial charge in [0, 0.05) is 26.6 Å². The fourth-order valence-electron chi connectivity index (χ4n) is 3.56. The van der Waals surface area contributed by atoms with Crippen LogP contribution in [0, 0.1) is 5.82 Å². The Balaban J connectivity index is 1.67. The van der Waals surface area contributed by atoms with E-state index in [9.17, 15) is 14.0 Å². The minimum Gasteiger partial charge on any atom is -0.344 e. The molecule has 4 rings (SSSR count). The van der Waals surface area contributed by atoms with Crippen molar-refractivity contribution in [3.8, 4) is 0 Å². The van der Waals surface area contributed by atoms with Gasteiger partial charge in [0.1, 0.15) is 17.3 Å². The van der Waals surface area contributed by atoms with Gasteiger partial charge < -0.3 is 9.80 Å². The Morgan fingerprint density at radius 3 is 2.63 bits per heavy atom. The van der Waals surface area contributed by atoms with E-state index >= 15 is 0 Å². The quantitative estimate of drug-likeness (QED) is 0.776. The highest BCUT2D eigenvalue weighted by molar-refractivity contribution is 6.02. The zero-order chi connectivity index (χ0) is 19.0. The average molecular weight is 369 g/mol. The maximum Gasteiger partial charge on any atom is 0.327 e. The number of aldehydes is 1. The fraction of sp³-hybridized carbons (Fsp3) is 0.368. The number of likely N-dealkylation sites (tertiary alicyclic amines) is 1. The Morgan fingerprint density at radius 1 is 1.26 bits per heavy atom. The molecule has 2 amide bonds. The molecule has 1 saturated heterocycles. The molecule has 0 bridgehead atoms. The zero-order valence-electron chi connectivity index (χ0n) is 15.0. The second-order valence-electron chi connectivity index (χ2n) is 6.81. The van der Waals surface area contributed by atoms with Gasteiger partial charge in [-0.2, -0.15) is 0 Å². The summed E-state index contributed by atoms with van der Waals surface area (Å²) in [6.07, 6.45) is 3.99. The number of hydrogen-bond acceptors (Lipinski definition) is 5. The molecule has 2 aromatic rings. The lowest BCUT2D eigenvalue weighted by atomic mass is 10.1. The summed E-state index contributed by atoms with van der Waals surface area (Å²) in [5, 5.41) is 0. The van der Waals surface area contributed by atoms with E-state index in [1.807, 2.05) is 0 Å². The summed E-state index contributed by atoms with van der Waals surface area (Å²) < 4.78 is 13.1. The Morgan fingerprint density at radius 2 is 1.96 bits per heavy atom. The van der Waals surface area contributed by atoms with Crippen LogP contribution in [0.4, 0.5) is 20.7 Å². The first kappa shape index (κ1) is 17.4. The number of hydrogen-bond donors (Lipinski definition) is 0. The maximum atomic E-state index is 13.1. The first-order chi connectivity index (χ1) is 13.1. The van der Waals surface area contributed by atoms with E-state index in [4.69, 9.17) is 0 Å². The van der Waals surface area contributed by atoms with Gasteiger partial charge in [-0.25, -0.2) is 24.1 Å². The molecule has 1 unspecified atom stereocenters. The fourth-order valence-corrected chi connectivity index (χ4v) is 3.56. The molecule has 7 nitrogen and oxygen atoms in total. The molecule has 1 atom stereocenters. The normalized spacial score (nSPS) is 18.7. The minimum atomic E-state index is -0.733. The third-order valence-electron chi connectivity index (χ3n) is 5.05. The van der Waals surface area contributed by atoms with Crippen molar-refractivity contribution in [3.63, 3.8) is 0 Å². The first-order valence-corrected chi connectivity index (χ1v) is 8.95. The van der Waals surface area contributed by atoms with Crippen LogP contribution in [0.1, 0.15) is 24.2 Å². The molecule has 2 aliphatic rings. The van der Waals surface area contributed by atoms with Gasteiger partial charge >= 0.3 is 6.03 Å². The Labute approximate surface area is 156 Å². The lowest BCUT2D eigenvalue weighted by molar-refractivity contribution is -0.108. The van der Waals surface area contributed by atoms with Crippen LogP contribution in [-0.4, -0.2) is 53.5 Å². The number of anilines is 2. The molecule has 1 aromatic heterocycles. The maximum absolute atomic E-state index is 13.1. The van der Waals surface area contributed by atoms with Gasteiger partial charge in [0.15, 0.2) is 18.3 Å². The molecule has 1 aromatic carbocycles. The summed E-state index contributed by atoms with van der Waals surface area (Å²) in [6.45, 7) is 1.38. The van der Waals surface area contributed by atoms with Gasteiger partial charge in [0.25, 0.3) is 0 Å². The van der Waals surface area contributed by atoms with Crippen molar-refractivity contribution < 1.29 is 14.0 Å². The molecule has 0 saturated carbocycles. The van der Waals surface area contributed by atoms with Gasteiger partial charge in [0.05, 0.1) is 6.20 Å². The number of rotatable bonds is 3. The van der Waals surface area contributed by atoms with Crippen LogP contribution in [0.25, 0.3) is 0 Å². The lowest BCUT2D eigenvalue weighted by Crippen LogP contribution is -2.51. The monoisotopic (exact) mass is 369 g/mol. The molecule has 1 fully saturated rings. The summed E-state index contributed by atoms with van der Waals surface area (Å²) in [7, 11) is 1.75. The van der Waals surface area contributed by atoms with Crippen LogP contribution in [0.15, 0.2) is 30.5 Å². The van der Waals surface area contributed by atoms with Crippen molar-refractivity contribution >= 4 is 23.8 Å². The highest BCUT2D eigenvalue weighted by Crippen LogP contribution is 2.37. The number of carbonyl (C=O) groups is 2. The average Bonchev–Trinajstić information content (AvgIpc) is 3.30. The molecular weight excluding hydrogens is 349 g/mol. The molecule has 0 spiro atoms. The number of carbonyl (C=O) groups excluding carboxylic acids is 2. The van der Waals surface area contributed by atoms with Crippen molar-refractivity contribution in [1.29, 1.82) is 0 Å². The second-order valence-corrected chi connectivity index (χ2v) is 6.81. The van der Waals surface area contributed by atoms with Crippen molar-refractivity contribution in [2.24, 2.45) is 0 Å². The molecule has 2 aliphatic heterocycles.